The maximum atomic E-state index is 12.6. The van der Waals surface area contributed by atoms with Crippen LogP contribution in [0.15, 0.2) is 69.6 Å². The Balaban J connectivity index is 1.55. The van der Waals surface area contributed by atoms with Crippen LogP contribution < -0.4 is 27.8 Å². The lowest BCUT2D eigenvalue weighted by atomic mass is 9.88. The van der Waals surface area contributed by atoms with E-state index in [1.165, 1.54) is 0 Å². The number of carbonyl (C=O) groups is 2. The number of hydrogen-bond acceptors (Lipinski definition) is 8. The quantitative estimate of drug-likeness (QED) is 0.236. The standard InChI is InChI=1S/C22H27ClN8O2/c1-14(24)17(28-18(23)19(25)26)20(33)29-21-27-13-22(30-21)9-11-31(12-10-22)16(32)8-7-15-5-3-2-4-6-15/h2-8H,1,9-13,24-26H2,(H2,27,29,30,33)/b8-7+,28-17?. The highest BCUT2D eigenvalue weighted by molar-refractivity contribution is 6.48. The molecule has 8 N–H and O–H groups in total. The van der Waals surface area contributed by atoms with Crippen molar-refractivity contribution < 1.29 is 9.59 Å². The molecule has 0 atom stereocenters. The van der Waals surface area contributed by atoms with Gasteiger partial charge >= 0.3 is 0 Å². The van der Waals surface area contributed by atoms with E-state index in [-0.39, 0.29) is 33.8 Å². The summed E-state index contributed by atoms with van der Waals surface area (Å²) in [5.41, 5.74) is 16.7. The number of nitrogens with zero attached hydrogens (tertiary/aromatic N) is 3. The second-order valence-electron chi connectivity index (χ2n) is 7.83. The summed E-state index contributed by atoms with van der Waals surface area (Å²) in [6.07, 6.45) is 4.76. The highest BCUT2D eigenvalue weighted by atomic mass is 35.5. The summed E-state index contributed by atoms with van der Waals surface area (Å²) in [5, 5.41) is 5.63. The van der Waals surface area contributed by atoms with E-state index in [9.17, 15) is 9.59 Å². The minimum atomic E-state index is -0.649. The van der Waals surface area contributed by atoms with E-state index < -0.39 is 5.91 Å². The van der Waals surface area contributed by atoms with Crippen LogP contribution in [0, 0.1) is 0 Å². The monoisotopic (exact) mass is 470 g/mol. The lowest BCUT2D eigenvalue weighted by Gasteiger charge is -2.38. The van der Waals surface area contributed by atoms with Gasteiger partial charge in [-0.1, -0.05) is 48.5 Å². The number of carbonyl (C=O) groups excluding carboxylic acids is 2. The molecule has 10 nitrogen and oxygen atoms in total. The minimum absolute atomic E-state index is 0.0347. The number of hydrogen-bond donors (Lipinski definition) is 5. The van der Waals surface area contributed by atoms with Gasteiger partial charge in [0.2, 0.25) is 5.91 Å². The molecule has 0 bridgehead atoms. The molecule has 1 spiro atoms. The van der Waals surface area contributed by atoms with Crippen LogP contribution in [0.2, 0.25) is 0 Å². The summed E-state index contributed by atoms with van der Waals surface area (Å²) in [6, 6.07) is 9.66. The number of benzene rings is 1. The Bertz CT molecular complexity index is 1050. The molecule has 11 heteroatoms. The van der Waals surface area contributed by atoms with E-state index in [0.717, 1.165) is 5.56 Å². The number of nitrogens with two attached hydrogens (primary N) is 3. The Kier molecular flexibility index (Phi) is 7.39. The van der Waals surface area contributed by atoms with E-state index in [4.69, 9.17) is 28.8 Å². The molecule has 3 rings (SSSR count). The second-order valence-corrected chi connectivity index (χ2v) is 8.18. The Morgan fingerprint density at radius 1 is 1.21 bits per heavy atom. The van der Waals surface area contributed by atoms with Crippen molar-refractivity contribution in [3.8, 4) is 0 Å². The first-order chi connectivity index (χ1) is 15.7. The van der Waals surface area contributed by atoms with Crippen molar-refractivity contribution in [3.63, 3.8) is 0 Å². The van der Waals surface area contributed by atoms with E-state index in [1.54, 1.807) is 17.1 Å². The molecule has 0 aromatic heterocycles. The van der Waals surface area contributed by atoms with Crippen molar-refractivity contribution in [2.24, 2.45) is 27.2 Å². The fourth-order valence-electron chi connectivity index (χ4n) is 3.50. The topological polar surface area (TPSA) is 164 Å². The zero-order valence-electron chi connectivity index (χ0n) is 18.1. The minimum Gasteiger partial charge on any atom is -0.397 e. The largest absolute Gasteiger partial charge is 0.397 e. The Labute approximate surface area is 196 Å². The molecule has 1 aromatic carbocycles. The van der Waals surface area contributed by atoms with Gasteiger partial charge in [0.25, 0.3) is 5.91 Å². The van der Waals surface area contributed by atoms with E-state index >= 15 is 0 Å². The van der Waals surface area contributed by atoms with Crippen molar-refractivity contribution in [1.29, 1.82) is 0 Å². The molecule has 33 heavy (non-hydrogen) atoms. The first-order valence-corrected chi connectivity index (χ1v) is 10.7. The SMILES string of the molecule is C=C(N)C(=NC(Cl)=C(N)N)C(=O)NC1=NCC2(CCN(C(=O)/C=C/c3ccccc3)CC2)N1. The van der Waals surface area contributed by atoms with Gasteiger partial charge in [0.1, 0.15) is 5.82 Å². The molecule has 2 amide bonds. The van der Waals surface area contributed by atoms with Crippen molar-refractivity contribution in [2.45, 2.75) is 18.4 Å². The number of guanidine groups is 1. The number of piperidine rings is 1. The molecule has 1 aromatic rings. The second kappa shape index (κ2) is 10.2. The van der Waals surface area contributed by atoms with Gasteiger partial charge in [-0.3, -0.25) is 19.9 Å². The van der Waals surface area contributed by atoms with Crippen molar-refractivity contribution >= 4 is 41.2 Å². The van der Waals surface area contributed by atoms with Crippen LogP contribution in [0.5, 0.6) is 0 Å². The third kappa shape index (κ3) is 6.13. The maximum absolute atomic E-state index is 12.6. The van der Waals surface area contributed by atoms with E-state index in [2.05, 4.69) is 27.2 Å². The number of likely N-dealkylation sites (tertiary alicyclic amines) is 1. The molecule has 0 saturated carbocycles. The first kappa shape index (κ1) is 23.9. The zero-order valence-corrected chi connectivity index (χ0v) is 18.8. The summed E-state index contributed by atoms with van der Waals surface area (Å²) >= 11 is 5.81. The van der Waals surface area contributed by atoms with Crippen LogP contribution in [-0.4, -0.2) is 53.6 Å². The van der Waals surface area contributed by atoms with Gasteiger partial charge < -0.3 is 27.4 Å². The third-order valence-corrected chi connectivity index (χ3v) is 5.68. The predicted octanol–water partition coefficient (Wildman–Crippen LogP) is 0.333. The molecule has 1 saturated heterocycles. The van der Waals surface area contributed by atoms with Crippen molar-refractivity contribution in [1.82, 2.24) is 15.5 Å². The van der Waals surface area contributed by atoms with Crippen LogP contribution in [-0.2, 0) is 9.59 Å². The van der Waals surface area contributed by atoms with Gasteiger partial charge in [-0.2, -0.15) is 0 Å². The third-order valence-electron chi connectivity index (χ3n) is 5.37. The van der Waals surface area contributed by atoms with Crippen molar-refractivity contribution in [2.75, 3.05) is 19.6 Å². The van der Waals surface area contributed by atoms with Crippen LogP contribution >= 0.6 is 11.6 Å². The highest BCUT2D eigenvalue weighted by Gasteiger charge is 2.40. The number of rotatable bonds is 5. The molecule has 174 valence electrons. The fourth-order valence-corrected chi connectivity index (χ4v) is 3.59. The normalized spacial score (nSPS) is 17.4. The Morgan fingerprint density at radius 3 is 2.48 bits per heavy atom. The highest BCUT2D eigenvalue weighted by Crippen LogP contribution is 2.26. The summed E-state index contributed by atoms with van der Waals surface area (Å²) in [7, 11) is 0. The van der Waals surface area contributed by atoms with E-state index in [1.807, 2.05) is 30.3 Å². The summed E-state index contributed by atoms with van der Waals surface area (Å²) in [5.74, 6) is -0.645. The summed E-state index contributed by atoms with van der Waals surface area (Å²) in [4.78, 5) is 35.1. The van der Waals surface area contributed by atoms with Crippen LogP contribution in [0.4, 0.5) is 0 Å². The molecule has 0 radical (unpaired) electrons. The molecular formula is C22H27ClN8O2. The smallest absolute Gasteiger partial charge is 0.278 e. The van der Waals surface area contributed by atoms with Crippen LogP contribution in [0.1, 0.15) is 18.4 Å². The Hall–Kier alpha value is -3.79. The van der Waals surface area contributed by atoms with Gasteiger partial charge in [-0.05, 0) is 24.5 Å². The van der Waals surface area contributed by atoms with Gasteiger partial charge in [-0.15, -0.1) is 0 Å². The number of nitrogens with one attached hydrogen (secondary N) is 2. The van der Waals surface area contributed by atoms with E-state index in [0.29, 0.717) is 38.4 Å². The fraction of sp³-hybridized carbons (Fsp3) is 0.273. The molecule has 0 unspecified atom stereocenters. The number of amides is 2. The van der Waals surface area contributed by atoms with Gasteiger partial charge in [-0.25, -0.2) is 4.99 Å². The lowest BCUT2D eigenvalue weighted by molar-refractivity contribution is -0.127. The maximum Gasteiger partial charge on any atom is 0.278 e. The average molecular weight is 471 g/mol. The van der Waals surface area contributed by atoms with Crippen molar-refractivity contribution in [3.05, 3.63) is 65.2 Å². The number of aliphatic imine (C=N–C) groups is 2. The molecular weight excluding hydrogens is 444 g/mol. The van der Waals surface area contributed by atoms with Gasteiger partial charge in [0, 0.05) is 19.2 Å². The first-order valence-electron chi connectivity index (χ1n) is 10.3. The molecule has 2 aliphatic heterocycles. The van der Waals surface area contributed by atoms with Crippen LogP contribution in [0.25, 0.3) is 6.08 Å². The summed E-state index contributed by atoms with van der Waals surface area (Å²) in [6.45, 7) is 5.14. The summed E-state index contributed by atoms with van der Waals surface area (Å²) < 4.78 is 0. The molecule has 1 fully saturated rings. The zero-order chi connectivity index (χ0) is 24.0. The Morgan fingerprint density at radius 2 is 1.88 bits per heavy atom. The van der Waals surface area contributed by atoms with Gasteiger partial charge in [0.15, 0.2) is 16.8 Å². The molecule has 2 heterocycles. The van der Waals surface area contributed by atoms with Gasteiger partial charge in [0.05, 0.1) is 17.8 Å². The molecule has 2 aliphatic rings. The number of halogens is 1. The lowest BCUT2D eigenvalue weighted by Crippen LogP contribution is -2.57. The van der Waals surface area contributed by atoms with Crippen LogP contribution in [0.3, 0.4) is 0 Å². The average Bonchev–Trinajstić information content (AvgIpc) is 3.18. The molecule has 0 aliphatic carbocycles. The predicted molar refractivity (Wildman–Crippen MR) is 130 cm³/mol.